The molecule has 0 aliphatic carbocycles. The zero-order valence-corrected chi connectivity index (χ0v) is 13.8. The molecule has 0 radical (unpaired) electrons. The lowest BCUT2D eigenvalue weighted by Gasteiger charge is -1.95. The van der Waals surface area contributed by atoms with Crippen molar-refractivity contribution >= 4 is 15.9 Å². The van der Waals surface area contributed by atoms with Crippen molar-refractivity contribution in [2.45, 2.75) is 11.8 Å². The molecule has 0 fully saturated rings. The zero-order chi connectivity index (χ0) is 16.2. The van der Waals surface area contributed by atoms with Crippen LogP contribution in [-0.2, 0) is 0 Å². The van der Waals surface area contributed by atoms with Gasteiger partial charge in [-0.3, -0.25) is 10.1 Å². The fourth-order valence-corrected chi connectivity index (χ4v) is 2.08. The molecule has 2 aromatic heterocycles. The topological polar surface area (TPSA) is 54.5 Å². The number of rotatable bonds is 2. The Morgan fingerprint density at radius 3 is 2.65 bits per heavy atom. The van der Waals surface area contributed by atoms with Gasteiger partial charge in [-0.05, 0) is 37.3 Å². The summed E-state index contributed by atoms with van der Waals surface area (Å²) in [6, 6.07) is 9.82. The van der Waals surface area contributed by atoms with Crippen molar-refractivity contribution < 1.29 is 4.39 Å². The lowest BCUT2D eigenvalue weighted by molar-refractivity contribution is 0.627. The van der Waals surface area contributed by atoms with Gasteiger partial charge in [0.25, 0.3) is 0 Å². The van der Waals surface area contributed by atoms with Crippen LogP contribution in [0.4, 0.5) is 4.39 Å². The summed E-state index contributed by atoms with van der Waals surface area (Å²) in [6.07, 6.45) is 1.65. The Morgan fingerprint density at radius 1 is 1.17 bits per heavy atom. The summed E-state index contributed by atoms with van der Waals surface area (Å²) >= 11 is 3.43. The quantitative estimate of drug-likeness (QED) is 0.550. The number of hydrogen-bond donors (Lipinski definition) is 1. The lowest BCUT2D eigenvalue weighted by atomic mass is 10.2. The second-order valence-electron chi connectivity index (χ2n) is 4.85. The second-order valence-corrected chi connectivity index (χ2v) is 6.23. The minimum Gasteiger partial charge on any atom is -0.262 e. The van der Waals surface area contributed by atoms with Crippen molar-refractivity contribution in [2.75, 3.05) is 0 Å². The highest BCUT2D eigenvalue weighted by Gasteiger charge is 2.10. The van der Waals surface area contributed by atoms with E-state index in [1.54, 1.807) is 24.4 Å². The van der Waals surface area contributed by atoms with Crippen LogP contribution in [0.25, 0.3) is 11.5 Å². The number of nitrogens with zero attached hydrogens (tertiary/aromatic N) is 3. The number of benzene rings is 1. The van der Waals surface area contributed by atoms with E-state index in [-0.39, 0.29) is 10.6 Å². The van der Waals surface area contributed by atoms with Gasteiger partial charge < -0.3 is 0 Å². The maximum absolute atomic E-state index is 13.1. The average Bonchev–Trinajstić information content (AvgIpc) is 3.04. The smallest absolute Gasteiger partial charge is 0.199 e. The van der Waals surface area contributed by atoms with E-state index in [1.165, 1.54) is 12.1 Å². The van der Waals surface area contributed by atoms with Crippen LogP contribution < -0.4 is 0 Å². The molecule has 0 aliphatic heterocycles. The summed E-state index contributed by atoms with van der Waals surface area (Å²) in [5.41, 5.74) is 2.03. The molecule has 0 aliphatic rings. The Hall–Kier alpha value is -2.52. The number of aromatic amines is 1. The minimum atomic E-state index is -0.299. The maximum atomic E-state index is 13.1. The third kappa shape index (κ3) is 3.82. The Labute approximate surface area is 141 Å². The fourth-order valence-electron chi connectivity index (χ4n) is 1.88. The monoisotopic (exact) mass is 370 g/mol. The number of alkyl halides is 1. The SMILES string of the molecule is CC(Br)c1nc(-c2ccc(C#Cc3cccc(F)c3)cn2)n[nH]1. The molecule has 1 unspecified atom stereocenters. The lowest BCUT2D eigenvalue weighted by Crippen LogP contribution is -1.88. The van der Waals surface area contributed by atoms with Crippen molar-refractivity contribution in [3.8, 4) is 23.4 Å². The number of H-pyrrole nitrogens is 1. The summed E-state index contributed by atoms with van der Waals surface area (Å²) in [6.45, 7) is 1.96. The first-order valence-corrected chi connectivity index (χ1v) is 7.84. The van der Waals surface area contributed by atoms with E-state index in [4.69, 9.17) is 0 Å². The van der Waals surface area contributed by atoms with Crippen LogP contribution in [0.5, 0.6) is 0 Å². The summed E-state index contributed by atoms with van der Waals surface area (Å²) in [5.74, 6) is 6.85. The molecule has 23 heavy (non-hydrogen) atoms. The van der Waals surface area contributed by atoms with E-state index in [1.807, 2.05) is 13.0 Å². The van der Waals surface area contributed by atoms with Crippen LogP contribution in [0.1, 0.15) is 28.7 Å². The number of aromatic nitrogens is 4. The summed E-state index contributed by atoms with van der Waals surface area (Å²) in [4.78, 5) is 8.77. The maximum Gasteiger partial charge on any atom is 0.199 e. The van der Waals surface area contributed by atoms with Gasteiger partial charge in [-0.15, -0.1) is 0 Å². The molecular weight excluding hydrogens is 359 g/mol. The average molecular weight is 371 g/mol. The molecule has 6 heteroatoms. The van der Waals surface area contributed by atoms with Gasteiger partial charge in [0.15, 0.2) is 5.82 Å². The van der Waals surface area contributed by atoms with Crippen molar-refractivity contribution in [2.24, 2.45) is 0 Å². The Balaban J connectivity index is 1.79. The van der Waals surface area contributed by atoms with Crippen molar-refractivity contribution in [3.05, 3.63) is 65.4 Å². The first-order chi connectivity index (χ1) is 11.1. The largest absolute Gasteiger partial charge is 0.262 e. The Kier molecular flexibility index (Phi) is 4.49. The number of halogens is 2. The van der Waals surface area contributed by atoms with Crippen LogP contribution in [0.15, 0.2) is 42.6 Å². The van der Waals surface area contributed by atoms with Crippen molar-refractivity contribution in [1.82, 2.24) is 20.2 Å². The van der Waals surface area contributed by atoms with Crippen LogP contribution in [0.3, 0.4) is 0 Å². The van der Waals surface area contributed by atoms with Crippen molar-refractivity contribution in [3.63, 3.8) is 0 Å². The van der Waals surface area contributed by atoms with E-state index in [9.17, 15) is 4.39 Å². The van der Waals surface area contributed by atoms with E-state index in [0.29, 0.717) is 17.1 Å². The van der Waals surface area contributed by atoms with Gasteiger partial charge in [0.1, 0.15) is 17.3 Å². The van der Waals surface area contributed by atoms with Crippen LogP contribution in [0.2, 0.25) is 0 Å². The van der Waals surface area contributed by atoms with E-state index >= 15 is 0 Å². The van der Waals surface area contributed by atoms with Gasteiger partial charge in [0, 0.05) is 17.3 Å². The van der Waals surface area contributed by atoms with Gasteiger partial charge >= 0.3 is 0 Å². The highest BCUT2D eigenvalue weighted by molar-refractivity contribution is 9.09. The van der Waals surface area contributed by atoms with Crippen LogP contribution in [0, 0.1) is 17.7 Å². The molecule has 1 aromatic carbocycles. The number of hydrogen-bond acceptors (Lipinski definition) is 3. The van der Waals surface area contributed by atoms with Crippen LogP contribution in [-0.4, -0.2) is 20.2 Å². The molecule has 114 valence electrons. The number of nitrogens with one attached hydrogen (secondary N) is 1. The summed E-state index contributed by atoms with van der Waals surface area (Å²) in [7, 11) is 0. The van der Waals surface area contributed by atoms with Gasteiger partial charge in [-0.25, -0.2) is 9.37 Å². The molecule has 2 heterocycles. The minimum absolute atomic E-state index is 0.0974. The molecule has 1 N–H and O–H groups in total. The van der Waals surface area contributed by atoms with Gasteiger partial charge in [-0.1, -0.05) is 33.8 Å². The first kappa shape index (κ1) is 15.4. The van der Waals surface area contributed by atoms with Gasteiger partial charge in [-0.2, -0.15) is 5.10 Å². The Bertz CT molecular complexity index is 875. The molecular formula is C17H12BrFN4. The zero-order valence-electron chi connectivity index (χ0n) is 12.2. The van der Waals surface area contributed by atoms with E-state index < -0.39 is 0 Å². The molecule has 0 bridgehead atoms. The second kappa shape index (κ2) is 6.71. The summed E-state index contributed by atoms with van der Waals surface area (Å²) < 4.78 is 13.1. The van der Waals surface area contributed by atoms with Crippen molar-refractivity contribution in [1.29, 1.82) is 0 Å². The van der Waals surface area contributed by atoms with Gasteiger partial charge in [0.05, 0.1) is 4.83 Å². The molecule has 4 nitrogen and oxygen atoms in total. The molecule has 3 aromatic rings. The first-order valence-electron chi connectivity index (χ1n) is 6.92. The molecule has 0 amide bonds. The van der Waals surface area contributed by atoms with Gasteiger partial charge in [0.2, 0.25) is 0 Å². The highest BCUT2D eigenvalue weighted by atomic mass is 79.9. The summed E-state index contributed by atoms with van der Waals surface area (Å²) in [5, 5.41) is 6.99. The predicted octanol–water partition coefficient (Wildman–Crippen LogP) is 3.86. The molecule has 0 saturated carbocycles. The molecule has 3 rings (SSSR count). The molecule has 1 atom stereocenters. The van der Waals surface area contributed by atoms with Crippen LogP contribution >= 0.6 is 15.9 Å². The molecule has 0 saturated heterocycles. The van der Waals surface area contributed by atoms with E-state index in [0.717, 1.165) is 11.4 Å². The highest BCUT2D eigenvalue weighted by Crippen LogP contribution is 2.20. The third-order valence-corrected chi connectivity index (χ3v) is 3.48. The normalized spacial score (nSPS) is 11.6. The predicted molar refractivity (Wildman–Crippen MR) is 89.3 cm³/mol. The number of pyridine rings is 1. The fraction of sp³-hybridized carbons (Fsp3) is 0.118. The molecule has 0 spiro atoms. The third-order valence-electron chi connectivity index (χ3n) is 3.05. The standard InChI is InChI=1S/C17H12BrFN4/c1-11(18)16-21-17(23-22-16)15-8-7-13(10-20-15)6-5-12-3-2-4-14(19)9-12/h2-4,7-11H,1H3,(H,21,22,23). The Morgan fingerprint density at radius 2 is 2.00 bits per heavy atom. The van der Waals surface area contributed by atoms with E-state index in [2.05, 4.69) is 47.9 Å².